The van der Waals surface area contributed by atoms with Gasteiger partial charge in [0, 0.05) is 6.54 Å². The molecular weight excluding hydrogens is 336 g/mol. The highest BCUT2D eigenvalue weighted by atomic mass is 32.1. The Labute approximate surface area is 150 Å². The van der Waals surface area contributed by atoms with Crippen molar-refractivity contribution in [3.05, 3.63) is 74.6 Å². The first-order valence-corrected chi connectivity index (χ1v) is 8.93. The van der Waals surface area contributed by atoms with Crippen molar-refractivity contribution in [3.8, 4) is 5.88 Å². The lowest BCUT2D eigenvalue weighted by Crippen LogP contribution is -2.00. The first kappa shape index (κ1) is 16.6. The second-order valence-electron chi connectivity index (χ2n) is 5.54. The van der Waals surface area contributed by atoms with Gasteiger partial charge in [-0.3, -0.25) is 9.56 Å². The van der Waals surface area contributed by atoms with Crippen LogP contribution in [-0.4, -0.2) is 15.9 Å². The van der Waals surface area contributed by atoms with Crippen LogP contribution in [0.2, 0.25) is 0 Å². The molecule has 3 rings (SSSR count). The number of hydrogen-bond acceptors (Lipinski definition) is 4. The number of aryl methyl sites for hydroxylation is 2. The molecule has 3 nitrogen and oxygen atoms in total. The zero-order chi connectivity index (χ0) is 16.9. The molecule has 0 unspecified atom stereocenters. The van der Waals surface area contributed by atoms with E-state index in [2.05, 4.69) is 17.1 Å². The number of aliphatic imine (C=N–C) groups is 1. The second kappa shape index (κ2) is 7.55. The predicted molar refractivity (Wildman–Crippen MR) is 103 cm³/mol. The van der Waals surface area contributed by atoms with Crippen molar-refractivity contribution in [2.75, 3.05) is 0 Å². The summed E-state index contributed by atoms with van der Waals surface area (Å²) < 4.78 is 2.43. The average molecular weight is 354 g/mol. The third-order valence-corrected chi connectivity index (χ3v) is 5.07. The van der Waals surface area contributed by atoms with Crippen LogP contribution in [0.5, 0.6) is 5.88 Å². The number of hydrogen-bond donors (Lipinski definition) is 1. The summed E-state index contributed by atoms with van der Waals surface area (Å²) in [5.74, 6) is 0.192. The number of rotatable bonds is 5. The molecule has 0 aliphatic carbocycles. The van der Waals surface area contributed by atoms with Crippen molar-refractivity contribution in [2.45, 2.75) is 19.9 Å². The summed E-state index contributed by atoms with van der Waals surface area (Å²) in [6.45, 7) is 2.68. The summed E-state index contributed by atoms with van der Waals surface area (Å²) in [6, 6.07) is 18.1. The standard InChI is InChI=1S/C19H18N2OS2/c1-14-6-5-9-16(12-14)20-13-17-18(22)21(19(23)24-17)11-10-15-7-3-2-4-8-15/h2-9,12-13,22H,10-11H2,1H3. The van der Waals surface area contributed by atoms with Gasteiger partial charge in [0.2, 0.25) is 5.88 Å². The first-order valence-electron chi connectivity index (χ1n) is 7.71. The van der Waals surface area contributed by atoms with Gasteiger partial charge >= 0.3 is 0 Å². The topological polar surface area (TPSA) is 37.5 Å². The fourth-order valence-corrected chi connectivity index (χ4v) is 3.65. The van der Waals surface area contributed by atoms with Crippen molar-refractivity contribution in [3.63, 3.8) is 0 Å². The van der Waals surface area contributed by atoms with Crippen LogP contribution in [0, 0.1) is 10.9 Å². The van der Waals surface area contributed by atoms with Crippen molar-refractivity contribution in [1.82, 2.24) is 4.57 Å². The smallest absolute Gasteiger partial charge is 0.212 e. The first-order chi connectivity index (χ1) is 11.6. The van der Waals surface area contributed by atoms with Gasteiger partial charge < -0.3 is 5.11 Å². The highest BCUT2D eigenvalue weighted by molar-refractivity contribution is 7.73. The van der Waals surface area contributed by atoms with Gasteiger partial charge in [-0.1, -0.05) is 53.8 Å². The number of benzene rings is 2. The van der Waals surface area contributed by atoms with Crippen LogP contribution >= 0.6 is 23.6 Å². The molecule has 5 heteroatoms. The maximum absolute atomic E-state index is 10.4. The SMILES string of the molecule is Cc1cccc(N=Cc2sc(=S)n(CCc3ccccc3)c2O)c1. The molecule has 24 heavy (non-hydrogen) atoms. The molecule has 0 saturated carbocycles. The zero-order valence-electron chi connectivity index (χ0n) is 13.3. The van der Waals surface area contributed by atoms with Crippen LogP contribution < -0.4 is 0 Å². The van der Waals surface area contributed by atoms with Crippen LogP contribution in [-0.2, 0) is 13.0 Å². The largest absolute Gasteiger partial charge is 0.493 e. The van der Waals surface area contributed by atoms with Gasteiger partial charge in [0.05, 0.1) is 11.9 Å². The summed E-state index contributed by atoms with van der Waals surface area (Å²) >= 11 is 6.77. The highest BCUT2D eigenvalue weighted by Crippen LogP contribution is 2.25. The molecule has 3 aromatic rings. The van der Waals surface area contributed by atoms with Gasteiger partial charge in [-0.15, -0.1) is 0 Å². The Morgan fingerprint density at radius 2 is 1.96 bits per heavy atom. The Morgan fingerprint density at radius 3 is 2.71 bits per heavy atom. The predicted octanol–water partition coefficient (Wildman–Crippen LogP) is 5.29. The van der Waals surface area contributed by atoms with Crippen molar-refractivity contribution in [2.24, 2.45) is 4.99 Å². The van der Waals surface area contributed by atoms with Gasteiger partial charge in [-0.05, 0) is 48.8 Å². The number of thiazole rings is 1. The summed E-state index contributed by atoms with van der Waals surface area (Å²) in [4.78, 5) is 5.13. The minimum absolute atomic E-state index is 0.192. The quantitative estimate of drug-likeness (QED) is 0.499. The van der Waals surface area contributed by atoms with Crippen LogP contribution in [0.1, 0.15) is 16.0 Å². The summed E-state index contributed by atoms with van der Waals surface area (Å²) in [6.07, 6.45) is 2.51. The van der Waals surface area contributed by atoms with Crippen LogP contribution in [0.3, 0.4) is 0 Å². The normalized spacial score (nSPS) is 11.2. The monoisotopic (exact) mass is 354 g/mol. The third-order valence-electron chi connectivity index (χ3n) is 3.69. The lowest BCUT2D eigenvalue weighted by Gasteiger charge is -2.04. The Bertz CT molecular complexity index is 911. The summed E-state index contributed by atoms with van der Waals surface area (Å²) in [7, 11) is 0. The highest BCUT2D eigenvalue weighted by Gasteiger charge is 2.10. The van der Waals surface area contributed by atoms with E-state index in [9.17, 15) is 5.11 Å². The molecule has 0 saturated heterocycles. The van der Waals surface area contributed by atoms with E-state index in [1.54, 1.807) is 10.8 Å². The van der Waals surface area contributed by atoms with Gasteiger partial charge in [-0.25, -0.2) is 0 Å². The summed E-state index contributed by atoms with van der Waals surface area (Å²) in [5, 5.41) is 10.4. The number of nitrogens with zero attached hydrogens (tertiary/aromatic N) is 2. The molecule has 0 amide bonds. The third kappa shape index (κ3) is 3.99. The van der Waals surface area contributed by atoms with E-state index in [1.807, 2.05) is 49.4 Å². The molecule has 0 aliphatic rings. The Kier molecular flexibility index (Phi) is 5.23. The zero-order valence-corrected chi connectivity index (χ0v) is 15.0. The molecule has 0 fully saturated rings. The lowest BCUT2D eigenvalue weighted by atomic mass is 10.1. The average Bonchev–Trinajstić information content (AvgIpc) is 2.86. The molecule has 1 aromatic heterocycles. The van der Waals surface area contributed by atoms with E-state index in [4.69, 9.17) is 12.2 Å². The van der Waals surface area contributed by atoms with E-state index < -0.39 is 0 Å². The second-order valence-corrected chi connectivity index (χ2v) is 7.22. The molecule has 0 spiro atoms. The van der Waals surface area contributed by atoms with Gasteiger partial charge in [0.25, 0.3) is 0 Å². The van der Waals surface area contributed by atoms with Gasteiger partial charge in [0.1, 0.15) is 4.88 Å². The molecule has 0 aliphatic heterocycles. The molecule has 2 aromatic carbocycles. The van der Waals surface area contributed by atoms with E-state index in [-0.39, 0.29) is 5.88 Å². The van der Waals surface area contributed by atoms with E-state index in [1.165, 1.54) is 16.9 Å². The van der Waals surface area contributed by atoms with Gasteiger partial charge in [-0.2, -0.15) is 0 Å². The number of aromatic hydroxyl groups is 1. The van der Waals surface area contributed by atoms with Crippen LogP contribution in [0.25, 0.3) is 0 Å². The lowest BCUT2D eigenvalue weighted by molar-refractivity contribution is 0.415. The molecule has 0 radical (unpaired) electrons. The minimum atomic E-state index is 0.192. The summed E-state index contributed by atoms with van der Waals surface area (Å²) in [5.41, 5.74) is 3.24. The Morgan fingerprint density at radius 1 is 1.17 bits per heavy atom. The van der Waals surface area contributed by atoms with Gasteiger partial charge in [0.15, 0.2) is 3.95 Å². The number of aromatic nitrogens is 1. The van der Waals surface area contributed by atoms with Crippen LogP contribution in [0.15, 0.2) is 59.6 Å². The van der Waals surface area contributed by atoms with Crippen LogP contribution in [0.4, 0.5) is 5.69 Å². The Balaban J connectivity index is 1.78. The molecule has 0 atom stereocenters. The maximum atomic E-state index is 10.4. The van der Waals surface area contributed by atoms with Crippen molar-refractivity contribution in [1.29, 1.82) is 0 Å². The fourth-order valence-electron chi connectivity index (χ4n) is 2.42. The molecule has 1 N–H and O–H groups in total. The Hall–Kier alpha value is -2.24. The molecule has 122 valence electrons. The van der Waals surface area contributed by atoms with Crippen molar-refractivity contribution >= 4 is 35.5 Å². The van der Waals surface area contributed by atoms with E-state index in [0.717, 1.165) is 17.7 Å². The maximum Gasteiger partial charge on any atom is 0.212 e. The fraction of sp³-hybridized carbons (Fsp3) is 0.158. The van der Waals surface area contributed by atoms with E-state index >= 15 is 0 Å². The minimum Gasteiger partial charge on any atom is -0.493 e. The molecule has 0 bridgehead atoms. The van der Waals surface area contributed by atoms with Crippen molar-refractivity contribution < 1.29 is 5.11 Å². The molecule has 1 heterocycles. The molecular formula is C19H18N2OS2. The van der Waals surface area contributed by atoms with E-state index in [0.29, 0.717) is 15.4 Å².